The summed E-state index contributed by atoms with van der Waals surface area (Å²) in [5.74, 6) is 0.684. The van der Waals surface area contributed by atoms with E-state index in [0.29, 0.717) is 5.92 Å². The maximum absolute atomic E-state index is 2.28. The van der Waals surface area contributed by atoms with E-state index in [9.17, 15) is 0 Å². The van der Waals surface area contributed by atoms with E-state index >= 15 is 0 Å². The first-order valence-corrected chi connectivity index (χ1v) is 5.37. The Morgan fingerprint density at radius 1 is 1.14 bits per heavy atom. The molecule has 1 aromatic carbocycles. The molecule has 14 heavy (non-hydrogen) atoms. The van der Waals surface area contributed by atoms with Gasteiger partial charge in [0.15, 0.2) is 0 Å². The van der Waals surface area contributed by atoms with E-state index in [-0.39, 0.29) is 0 Å². The van der Waals surface area contributed by atoms with Crippen molar-refractivity contribution in [2.24, 2.45) is 0 Å². The van der Waals surface area contributed by atoms with Crippen molar-refractivity contribution >= 4 is 0 Å². The van der Waals surface area contributed by atoms with Gasteiger partial charge >= 0.3 is 0 Å². The fraction of sp³-hybridized carbons (Fsp3) is 0.538. The van der Waals surface area contributed by atoms with Crippen LogP contribution in [0.1, 0.15) is 37.3 Å². The normalized spacial score (nSPS) is 13.2. The Bertz CT molecular complexity index is 261. The van der Waals surface area contributed by atoms with Crippen molar-refractivity contribution in [1.29, 1.82) is 0 Å². The van der Waals surface area contributed by atoms with Gasteiger partial charge in [0.05, 0.1) is 0 Å². The van der Waals surface area contributed by atoms with E-state index in [4.69, 9.17) is 0 Å². The molecule has 1 nitrogen and oxygen atoms in total. The van der Waals surface area contributed by atoms with Crippen molar-refractivity contribution in [3.8, 4) is 0 Å². The van der Waals surface area contributed by atoms with Crippen LogP contribution in [0.4, 0.5) is 0 Å². The molecule has 1 unspecified atom stereocenters. The molecular weight excluding hydrogens is 170 g/mol. The van der Waals surface area contributed by atoms with Crippen molar-refractivity contribution in [2.75, 3.05) is 14.1 Å². The molecule has 0 aliphatic heterocycles. The molecule has 0 N–H and O–H groups in total. The third kappa shape index (κ3) is 3.15. The van der Waals surface area contributed by atoms with E-state index < -0.39 is 0 Å². The SMILES string of the molecule is CCC(C)c1ccc(CN(C)C)cc1. The van der Waals surface area contributed by atoms with Crippen LogP contribution >= 0.6 is 0 Å². The molecule has 0 bridgehead atoms. The standard InChI is InChI=1S/C13H21N/c1-5-11(2)13-8-6-12(7-9-13)10-14(3)4/h6-9,11H,5,10H2,1-4H3. The molecule has 0 radical (unpaired) electrons. The van der Waals surface area contributed by atoms with Crippen molar-refractivity contribution in [3.05, 3.63) is 35.4 Å². The van der Waals surface area contributed by atoms with Crippen LogP contribution in [0.15, 0.2) is 24.3 Å². The average molecular weight is 191 g/mol. The van der Waals surface area contributed by atoms with Gasteiger partial charge in [-0.25, -0.2) is 0 Å². The highest BCUT2D eigenvalue weighted by Gasteiger charge is 2.02. The number of benzene rings is 1. The monoisotopic (exact) mass is 191 g/mol. The van der Waals surface area contributed by atoms with Crippen LogP contribution in [0, 0.1) is 0 Å². The molecule has 78 valence electrons. The van der Waals surface area contributed by atoms with Gasteiger partial charge in [-0.05, 0) is 37.6 Å². The molecule has 1 aromatic rings. The van der Waals surface area contributed by atoms with Crippen LogP contribution in [-0.2, 0) is 6.54 Å². The topological polar surface area (TPSA) is 3.24 Å². The summed E-state index contributed by atoms with van der Waals surface area (Å²) in [4.78, 5) is 2.19. The highest BCUT2D eigenvalue weighted by molar-refractivity contribution is 5.24. The molecule has 0 aliphatic carbocycles. The molecule has 1 atom stereocenters. The Morgan fingerprint density at radius 2 is 1.71 bits per heavy atom. The summed E-state index contributed by atoms with van der Waals surface area (Å²) in [6.07, 6.45) is 1.22. The lowest BCUT2D eigenvalue weighted by Gasteiger charge is -2.12. The van der Waals surface area contributed by atoms with Crippen LogP contribution in [0.3, 0.4) is 0 Å². The molecule has 0 aromatic heterocycles. The van der Waals surface area contributed by atoms with Gasteiger partial charge in [0, 0.05) is 6.54 Å². The molecule has 0 saturated heterocycles. The first-order valence-electron chi connectivity index (χ1n) is 5.37. The van der Waals surface area contributed by atoms with Crippen LogP contribution in [0.5, 0.6) is 0 Å². The zero-order valence-electron chi connectivity index (χ0n) is 9.75. The number of nitrogens with zero attached hydrogens (tertiary/aromatic N) is 1. The summed E-state index contributed by atoms with van der Waals surface area (Å²) in [7, 11) is 4.20. The van der Waals surface area contributed by atoms with Gasteiger partial charge in [-0.3, -0.25) is 0 Å². The molecule has 0 fully saturated rings. The third-order valence-corrected chi connectivity index (χ3v) is 2.66. The Labute approximate surface area is 87.7 Å². The quantitative estimate of drug-likeness (QED) is 0.706. The van der Waals surface area contributed by atoms with Crippen molar-refractivity contribution in [3.63, 3.8) is 0 Å². The largest absolute Gasteiger partial charge is 0.305 e. The van der Waals surface area contributed by atoms with Gasteiger partial charge in [-0.1, -0.05) is 38.1 Å². The van der Waals surface area contributed by atoms with E-state index in [1.165, 1.54) is 17.5 Å². The molecule has 0 aliphatic rings. The van der Waals surface area contributed by atoms with Crippen LogP contribution in [0.25, 0.3) is 0 Å². The van der Waals surface area contributed by atoms with Crippen LogP contribution in [-0.4, -0.2) is 19.0 Å². The maximum Gasteiger partial charge on any atom is 0.0227 e. The minimum Gasteiger partial charge on any atom is -0.305 e. The zero-order valence-corrected chi connectivity index (χ0v) is 9.75. The summed E-state index contributed by atoms with van der Waals surface area (Å²) in [6.45, 7) is 5.54. The van der Waals surface area contributed by atoms with Crippen molar-refractivity contribution in [1.82, 2.24) is 4.90 Å². The smallest absolute Gasteiger partial charge is 0.0227 e. The second-order valence-electron chi connectivity index (χ2n) is 4.29. The van der Waals surface area contributed by atoms with Crippen LogP contribution < -0.4 is 0 Å². The van der Waals surface area contributed by atoms with E-state index in [1.54, 1.807) is 0 Å². The van der Waals surface area contributed by atoms with Gasteiger partial charge in [0.25, 0.3) is 0 Å². The highest BCUT2D eigenvalue weighted by Crippen LogP contribution is 2.18. The number of rotatable bonds is 4. The minimum absolute atomic E-state index is 0.684. The minimum atomic E-state index is 0.684. The number of hydrogen-bond acceptors (Lipinski definition) is 1. The molecule has 1 rings (SSSR count). The fourth-order valence-corrected chi connectivity index (χ4v) is 1.55. The molecule has 0 heterocycles. The molecule has 0 saturated carbocycles. The van der Waals surface area contributed by atoms with E-state index in [2.05, 4.69) is 57.1 Å². The lowest BCUT2D eigenvalue weighted by atomic mass is 9.98. The molecule has 0 spiro atoms. The second-order valence-corrected chi connectivity index (χ2v) is 4.29. The Morgan fingerprint density at radius 3 is 2.14 bits per heavy atom. The first kappa shape index (κ1) is 11.3. The summed E-state index contributed by atoms with van der Waals surface area (Å²) in [6, 6.07) is 8.99. The maximum atomic E-state index is 2.28. The van der Waals surface area contributed by atoms with Gasteiger partial charge in [-0.15, -0.1) is 0 Å². The summed E-state index contributed by atoms with van der Waals surface area (Å²) in [5.41, 5.74) is 2.84. The molecule has 0 amide bonds. The molecule has 1 heteroatoms. The van der Waals surface area contributed by atoms with Crippen LogP contribution in [0.2, 0.25) is 0 Å². The van der Waals surface area contributed by atoms with Crippen molar-refractivity contribution < 1.29 is 0 Å². The van der Waals surface area contributed by atoms with Gasteiger partial charge < -0.3 is 4.90 Å². The lowest BCUT2D eigenvalue weighted by molar-refractivity contribution is 0.402. The first-order chi connectivity index (χ1) is 6.63. The summed E-state index contributed by atoms with van der Waals surface area (Å²) >= 11 is 0. The van der Waals surface area contributed by atoms with Gasteiger partial charge in [0.1, 0.15) is 0 Å². The third-order valence-electron chi connectivity index (χ3n) is 2.66. The Hall–Kier alpha value is -0.820. The van der Waals surface area contributed by atoms with E-state index in [0.717, 1.165) is 6.54 Å². The van der Waals surface area contributed by atoms with Gasteiger partial charge in [0.2, 0.25) is 0 Å². The Balaban J connectivity index is 2.68. The lowest BCUT2D eigenvalue weighted by Crippen LogP contribution is -2.10. The average Bonchev–Trinajstić information content (AvgIpc) is 2.17. The molecular formula is C13H21N. The second kappa shape index (κ2) is 5.16. The van der Waals surface area contributed by atoms with Gasteiger partial charge in [-0.2, -0.15) is 0 Å². The zero-order chi connectivity index (χ0) is 10.6. The Kier molecular flexibility index (Phi) is 4.15. The fourth-order valence-electron chi connectivity index (χ4n) is 1.55. The number of hydrogen-bond donors (Lipinski definition) is 0. The van der Waals surface area contributed by atoms with E-state index in [1.807, 2.05) is 0 Å². The summed E-state index contributed by atoms with van der Waals surface area (Å²) < 4.78 is 0. The van der Waals surface area contributed by atoms with Crippen molar-refractivity contribution in [2.45, 2.75) is 32.7 Å². The predicted molar refractivity (Wildman–Crippen MR) is 62.5 cm³/mol. The summed E-state index contributed by atoms with van der Waals surface area (Å²) in [5, 5.41) is 0. The predicted octanol–water partition coefficient (Wildman–Crippen LogP) is 3.26. The highest BCUT2D eigenvalue weighted by atomic mass is 15.0.